The minimum absolute atomic E-state index is 0.0867. The maximum atomic E-state index is 13.9. The van der Waals surface area contributed by atoms with Crippen LogP contribution in [0.25, 0.3) is 0 Å². The van der Waals surface area contributed by atoms with Crippen LogP contribution in [0.3, 0.4) is 0 Å². The van der Waals surface area contributed by atoms with Gasteiger partial charge in [-0.25, -0.2) is 0 Å². The lowest BCUT2D eigenvalue weighted by Crippen LogP contribution is -2.44. The topological polar surface area (TPSA) is 51.2 Å². The molecule has 0 spiro atoms. The number of carbonyl (C=O) groups is 1. The molecule has 178 valence electrons. The molecule has 0 amide bonds. The summed E-state index contributed by atoms with van der Waals surface area (Å²) in [4.78, 5) is 18.6. The summed E-state index contributed by atoms with van der Waals surface area (Å²) < 4.78 is 18.5. The van der Waals surface area contributed by atoms with Crippen LogP contribution in [-0.2, 0) is 13.0 Å². The molecule has 1 saturated heterocycles. The average molecular weight is 453 g/mol. The van der Waals surface area contributed by atoms with E-state index in [1.807, 2.05) is 30.3 Å². The summed E-state index contributed by atoms with van der Waals surface area (Å²) in [5, 5.41) is 0. The van der Waals surface area contributed by atoms with E-state index >= 15 is 0 Å². The third-order valence-corrected chi connectivity index (χ3v) is 7.26. The van der Waals surface area contributed by atoms with E-state index in [0.29, 0.717) is 29.2 Å². The smallest absolute Gasteiger partial charge is 0.200 e. The van der Waals surface area contributed by atoms with Gasteiger partial charge in [-0.15, -0.1) is 0 Å². The minimum atomic E-state index is -0.409. The first-order valence-electron chi connectivity index (χ1n) is 11.8. The summed E-state index contributed by atoms with van der Waals surface area (Å²) >= 11 is 0. The summed E-state index contributed by atoms with van der Waals surface area (Å²) in [7, 11) is 5.48. The van der Waals surface area contributed by atoms with Crippen LogP contribution in [0.5, 0.6) is 17.2 Å². The van der Waals surface area contributed by atoms with E-state index in [1.165, 1.54) is 0 Å². The predicted octanol–water partition coefficient (Wildman–Crippen LogP) is 4.03. The Balaban J connectivity index is 1.91. The molecule has 33 heavy (non-hydrogen) atoms. The van der Waals surface area contributed by atoms with Gasteiger partial charge in [-0.1, -0.05) is 37.3 Å². The van der Waals surface area contributed by atoms with Crippen molar-refractivity contribution in [3.05, 3.63) is 52.6 Å². The van der Waals surface area contributed by atoms with Crippen molar-refractivity contribution >= 4 is 5.78 Å². The van der Waals surface area contributed by atoms with Crippen molar-refractivity contribution in [3.8, 4) is 17.2 Å². The van der Waals surface area contributed by atoms with Gasteiger partial charge >= 0.3 is 0 Å². The quantitative estimate of drug-likeness (QED) is 0.617. The SMILES string of the molecule is COc1c(CN2CCN(C)CC2)c(OC)c(C(=O)c2ccccc2)c2c1CC(C)C(C)(C)O2. The van der Waals surface area contributed by atoms with E-state index in [1.54, 1.807) is 14.2 Å². The monoisotopic (exact) mass is 452 g/mol. The van der Waals surface area contributed by atoms with Gasteiger partial charge in [0.1, 0.15) is 28.4 Å². The van der Waals surface area contributed by atoms with Crippen molar-refractivity contribution in [2.45, 2.75) is 39.3 Å². The Bertz CT molecular complexity index is 1010. The third-order valence-electron chi connectivity index (χ3n) is 7.26. The number of piperazine rings is 1. The number of hydrogen-bond acceptors (Lipinski definition) is 6. The lowest BCUT2D eigenvalue weighted by Gasteiger charge is -2.41. The van der Waals surface area contributed by atoms with Crippen molar-refractivity contribution in [2.75, 3.05) is 47.4 Å². The summed E-state index contributed by atoms with van der Waals surface area (Å²) in [6.07, 6.45) is 0.778. The molecule has 0 saturated carbocycles. The van der Waals surface area contributed by atoms with Gasteiger partial charge in [-0.05, 0) is 33.2 Å². The normalized spacial score (nSPS) is 20.6. The molecule has 0 aromatic heterocycles. The van der Waals surface area contributed by atoms with Gasteiger partial charge in [-0.3, -0.25) is 9.69 Å². The number of rotatable bonds is 6. The molecule has 2 aliphatic rings. The molecular formula is C27H36N2O4. The summed E-state index contributed by atoms with van der Waals surface area (Å²) in [5.41, 5.74) is 2.61. The van der Waals surface area contributed by atoms with Crippen molar-refractivity contribution < 1.29 is 19.0 Å². The Labute approximate surface area is 197 Å². The number of carbonyl (C=O) groups excluding carboxylic acids is 1. The number of likely N-dealkylation sites (N-methyl/N-ethyl adjacent to an activating group) is 1. The van der Waals surface area contributed by atoms with Crippen LogP contribution in [-0.4, -0.2) is 68.6 Å². The fourth-order valence-electron chi connectivity index (χ4n) is 4.79. The van der Waals surface area contributed by atoms with Gasteiger partial charge in [0.05, 0.1) is 19.8 Å². The second-order valence-corrected chi connectivity index (χ2v) is 9.81. The number of benzene rings is 2. The molecule has 6 heteroatoms. The Hall–Kier alpha value is -2.57. The first kappa shape index (κ1) is 23.6. The first-order chi connectivity index (χ1) is 15.8. The van der Waals surface area contributed by atoms with E-state index in [-0.39, 0.29) is 11.7 Å². The van der Waals surface area contributed by atoms with Crippen LogP contribution in [0.15, 0.2) is 30.3 Å². The molecule has 4 rings (SSSR count). The molecule has 0 N–H and O–H groups in total. The Kier molecular flexibility index (Phi) is 6.68. The fraction of sp³-hybridized carbons (Fsp3) is 0.519. The molecule has 0 bridgehead atoms. The number of methoxy groups -OCH3 is 2. The summed E-state index contributed by atoms with van der Waals surface area (Å²) in [6.45, 7) is 11.0. The maximum Gasteiger partial charge on any atom is 0.200 e. The zero-order chi connectivity index (χ0) is 23.8. The second-order valence-electron chi connectivity index (χ2n) is 9.81. The zero-order valence-corrected chi connectivity index (χ0v) is 20.7. The van der Waals surface area contributed by atoms with Crippen LogP contribution < -0.4 is 14.2 Å². The van der Waals surface area contributed by atoms with Crippen LogP contribution >= 0.6 is 0 Å². The molecule has 2 aromatic rings. The van der Waals surface area contributed by atoms with Crippen LogP contribution in [0, 0.1) is 5.92 Å². The highest BCUT2D eigenvalue weighted by Gasteiger charge is 2.41. The van der Waals surface area contributed by atoms with Crippen molar-refractivity contribution in [1.29, 1.82) is 0 Å². The number of nitrogens with zero attached hydrogens (tertiary/aromatic N) is 2. The number of ether oxygens (including phenoxy) is 3. The Morgan fingerprint density at radius 3 is 2.30 bits per heavy atom. The van der Waals surface area contributed by atoms with E-state index in [4.69, 9.17) is 14.2 Å². The number of hydrogen-bond donors (Lipinski definition) is 0. The van der Waals surface area contributed by atoms with Crippen LogP contribution in [0.2, 0.25) is 0 Å². The molecule has 1 unspecified atom stereocenters. The number of ketones is 1. The highest BCUT2D eigenvalue weighted by atomic mass is 16.5. The number of fused-ring (bicyclic) bond motifs is 1. The van der Waals surface area contributed by atoms with E-state index < -0.39 is 5.60 Å². The molecule has 6 nitrogen and oxygen atoms in total. The van der Waals surface area contributed by atoms with E-state index in [0.717, 1.165) is 49.5 Å². The van der Waals surface area contributed by atoms with Gasteiger partial charge in [0, 0.05) is 43.9 Å². The predicted molar refractivity (Wildman–Crippen MR) is 130 cm³/mol. The van der Waals surface area contributed by atoms with E-state index in [2.05, 4.69) is 37.6 Å². The second kappa shape index (κ2) is 9.35. The van der Waals surface area contributed by atoms with Crippen LogP contribution in [0.4, 0.5) is 0 Å². The fourth-order valence-corrected chi connectivity index (χ4v) is 4.79. The highest BCUT2D eigenvalue weighted by Crippen LogP contribution is 2.50. The maximum absolute atomic E-state index is 13.9. The van der Waals surface area contributed by atoms with Gasteiger partial charge in [-0.2, -0.15) is 0 Å². The highest BCUT2D eigenvalue weighted by molar-refractivity contribution is 6.13. The van der Waals surface area contributed by atoms with Crippen molar-refractivity contribution in [3.63, 3.8) is 0 Å². The van der Waals surface area contributed by atoms with Crippen LogP contribution in [0.1, 0.15) is 47.8 Å². The lowest BCUT2D eigenvalue weighted by atomic mass is 9.81. The molecule has 0 radical (unpaired) electrons. The largest absolute Gasteiger partial charge is 0.496 e. The molecule has 2 heterocycles. The molecule has 2 aromatic carbocycles. The van der Waals surface area contributed by atoms with Gasteiger partial charge < -0.3 is 19.1 Å². The minimum Gasteiger partial charge on any atom is -0.496 e. The van der Waals surface area contributed by atoms with Gasteiger partial charge in [0.25, 0.3) is 0 Å². The van der Waals surface area contributed by atoms with Crippen molar-refractivity contribution in [2.24, 2.45) is 5.92 Å². The molecule has 1 atom stereocenters. The Morgan fingerprint density at radius 1 is 1.06 bits per heavy atom. The molecule has 1 fully saturated rings. The summed E-state index contributed by atoms with van der Waals surface area (Å²) in [6, 6.07) is 9.36. The van der Waals surface area contributed by atoms with Gasteiger partial charge in [0.2, 0.25) is 5.78 Å². The summed E-state index contributed by atoms with van der Waals surface area (Å²) in [5.74, 6) is 2.12. The average Bonchev–Trinajstić information content (AvgIpc) is 2.81. The van der Waals surface area contributed by atoms with E-state index in [9.17, 15) is 4.79 Å². The first-order valence-corrected chi connectivity index (χ1v) is 11.8. The van der Waals surface area contributed by atoms with Gasteiger partial charge in [0.15, 0.2) is 0 Å². The molecule has 2 aliphatic heterocycles. The third kappa shape index (κ3) is 4.46. The standard InChI is InChI=1S/C27H36N2O4/c1-18-16-20-24(31-5)21(17-29-14-12-28(4)13-15-29)25(32-6)22(26(20)33-27(18,2)3)23(30)19-10-8-7-9-11-19/h7-11,18H,12-17H2,1-6H3. The molecular weight excluding hydrogens is 416 g/mol. The Morgan fingerprint density at radius 2 is 1.70 bits per heavy atom. The lowest BCUT2D eigenvalue weighted by molar-refractivity contribution is 0.0330. The van der Waals surface area contributed by atoms with Crippen molar-refractivity contribution in [1.82, 2.24) is 9.80 Å². The zero-order valence-electron chi connectivity index (χ0n) is 20.7. The molecule has 0 aliphatic carbocycles.